The molecule has 0 heterocycles. The molecule has 0 amide bonds. The van der Waals surface area contributed by atoms with Gasteiger partial charge in [-0.2, -0.15) is 0 Å². The summed E-state index contributed by atoms with van der Waals surface area (Å²) in [6.45, 7) is 2.20. The third kappa shape index (κ3) is 4.82. The van der Waals surface area contributed by atoms with Gasteiger partial charge in [0.15, 0.2) is 0 Å². The molecule has 0 fully saturated rings. The Morgan fingerprint density at radius 1 is 1.29 bits per heavy atom. The van der Waals surface area contributed by atoms with E-state index in [1.54, 1.807) is 0 Å². The molecule has 68 valence electrons. The van der Waals surface area contributed by atoms with Crippen LogP contribution in [0.25, 0.3) is 0 Å². The Morgan fingerprint density at radius 3 is 2.43 bits per heavy atom. The van der Waals surface area contributed by atoms with Crippen LogP contribution in [0.5, 0.6) is 0 Å². The summed E-state index contributed by atoms with van der Waals surface area (Å²) in [7, 11) is 0. The minimum Gasteiger partial charge on any atom is -0.366 e. The molecule has 0 bridgehead atoms. The van der Waals surface area contributed by atoms with E-state index >= 15 is 0 Å². The Balaban J connectivity index is 0.00000169. The normalized spacial score (nSPS) is 8.86. The van der Waals surface area contributed by atoms with E-state index in [1.807, 2.05) is 23.9 Å². The second-order valence-corrected chi connectivity index (χ2v) is 4.02. The van der Waals surface area contributed by atoms with Gasteiger partial charge in [0.2, 0.25) is 0 Å². The molecular formula is C12H13LiS. The van der Waals surface area contributed by atoms with E-state index in [0.29, 0.717) is 0 Å². The van der Waals surface area contributed by atoms with E-state index in [1.165, 1.54) is 23.5 Å². The fraction of sp³-hybridized carbons (Fsp3) is 0.333. The predicted octanol–water partition coefficient (Wildman–Crippen LogP) is 0.521. The Morgan fingerprint density at radius 2 is 1.93 bits per heavy atom. The van der Waals surface area contributed by atoms with Crippen molar-refractivity contribution in [3.8, 4) is 5.92 Å². The third-order valence-electron chi connectivity index (χ3n) is 1.77. The topological polar surface area (TPSA) is 0 Å². The molecule has 14 heavy (non-hydrogen) atoms. The van der Waals surface area contributed by atoms with Crippen molar-refractivity contribution in [2.45, 2.75) is 24.7 Å². The van der Waals surface area contributed by atoms with Gasteiger partial charge in [0.25, 0.3) is 0 Å². The average molecular weight is 196 g/mol. The zero-order valence-corrected chi connectivity index (χ0v) is 9.66. The maximum atomic E-state index is 6.93. The molecule has 0 spiro atoms. The third-order valence-corrected chi connectivity index (χ3v) is 2.86. The van der Waals surface area contributed by atoms with Crippen molar-refractivity contribution in [2.24, 2.45) is 0 Å². The van der Waals surface area contributed by atoms with Crippen molar-refractivity contribution in [2.75, 3.05) is 5.75 Å². The monoisotopic (exact) mass is 196 g/mol. The van der Waals surface area contributed by atoms with E-state index in [2.05, 4.69) is 25.0 Å². The summed E-state index contributed by atoms with van der Waals surface area (Å²) >= 11 is 1.88. The molecule has 0 aliphatic rings. The first-order valence-corrected chi connectivity index (χ1v) is 5.51. The van der Waals surface area contributed by atoms with Crippen LogP contribution < -0.4 is 18.9 Å². The fourth-order valence-electron chi connectivity index (χ4n) is 0.969. The number of rotatable bonds is 4. The van der Waals surface area contributed by atoms with Crippen LogP contribution in [0, 0.1) is 12.3 Å². The minimum atomic E-state index is 0. The molecule has 2 heteroatoms. The number of hydrogen-bond donors (Lipinski definition) is 0. The average Bonchev–Trinajstić information content (AvgIpc) is 2.19. The molecule has 1 aromatic rings. The number of unbranched alkanes of at least 4 members (excludes halogenated alkanes) is 1. The molecular weight excluding hydrogens is 183 g/mol. The molecule has 0 atom stereocenters. The van der Waals surface area contributed by atoms with Crippen molar-refractivity contribution in [3.05, 3.63) is 36.3 Å². The van der Waals surface area contributed by atoms with Crippen LogP contribution in [-0.2, 0) is 0 Å². The summed E-state index contributed by atoms with van der Waals surface area (Å²) in [4.78, 5) is 1.28. The first kappa shape index (κ1) is 13.7. The van der Waals surface area contributed by atoms with Crippen LogP contribution in [0.4, 0.5) is 0 Å². The summed E-state index contributed by atoms with van der Waals surface area (Å²) in [6, 6.07) is 7.97. The first-order valence-electron chi connectivity index (χ1n) is 4.52. The molecule has 1 aromatic carbocycles. The smallest absolute Gasteiger partial charge is 0.366 e. The number of thioether (sulfide) groups is 1. The second kappa shape index (κ2) is 8.07. The van der Waals surface area contributed by atoms with Gasteiger partial charge < -0.3 is 6.42 Å². The van der Waals surface area contributed by atoms with Gasteiger partial charge in [0, 0.05) is 4.90 Å². The summed E-state index contributed by atoms with van der Waals surface area (Å²) in [5.74, 6) is 3.55. The van der Waals surface area contributed by atoms with Crippen molar-refractivity contribution < 1.29 is 18.9 Å². The predicted molar refractivity (Wildman–Crippen MR) is 58.3 cm³/mol. The van der Waals surface area contributed by atoms with E-state index < -0.39 is 0 Å². The largest absolute Gasteiger partial charge is 1.00 e. The summed E-state index contributed by atoms with van der Waals surface area (Å²) < 4.78 is 0. The van der Waals surface area contributed by atoms with Crippen LogP contribution >= 0.6 is 11.8 Å². The van der Waals surface area contributed by atoms with Gasteiger partial charge in [-0.25, -0.2) is 0 Å². The summed E-state index contributed by atoms with van der Waals surface area (Å²) in [5.41, 5.74) is 0.847. The molecule has 0 nitrogen and oxygen atoms in total. The zero-order chi connectivity index (χ0) is 9.52. The van der Waals surface area contributed by atoms with Crippen molar-refractivity contribution in [1.29, 1.82) is 0 Å². The quantitative estimate of drug-likeness (QED) is 0.222. The zero-order valence-electron chi connectivity index (χ0n) is 8.84. The van der Waals surface area contributed by atoms with E-state index in [4.69, 9.17) is 6.42 Å². The van der Waals surface area contributed by atoms with Crippen molar-refractivity contribution in [3.63, 3.8) is 0 Å². The van der Waals surface area contributed by atoms with Gasteiger partial charge >= 0.3 is 18.9 Å². The molecule has 0 saturated carbocycles. The van der Waals surface area contributed by atoms with Gasteiger partial charge in [-0.15, -0.1) is 29.5 Å². The van der Waals surface area contributed by atoms with E-state index in [9.17, 15) is 0 Å². The molecule has 0 aliphatic carbocycles. The minimum absolute atomic E-state index is 0. The Hall–Kier alpha value is -0.273. The maximum Gasteiger partial charge on any atom is 1.00 e. The number of benzene rings is 1. The van der Waals surface area contributed by atoms with E-state index in [0.717, 1.165) is 5.56 Å². The van der Waals surface area contributed by atoms with Crippen LogP contribution in [0.1, 0.15) is 25.3 Å². The summed E-state index contributed by atoms with van der Waals surface area (Å²) in [6.07, 6.45) is 9.44. The number of hydrogen-bond acceptors (Lipinski definition) is 1. The van der Waals surface area contributed by atoms with Gasteiger partial charge in [0.1, 0.15) is 0 Å². The fourth-order valence-corrected chi connectivity index (χ4v) is 1.97. The molecule has 0 aliphatic heterocycles. The second-order valence-electron chi connectivity index (χ2n) is 2.85. The molecule has 0 unspecified atom stereocenters. The van der Waals surface area contributed by atoms with Gasteiger partial charge in [0.05, 0.1) is 0 Å². The molecule has 0 saturated heterocycles. The van der Waals surface area contributed by atoms with Gasteiger partial charge in [-0.3, -0.25) is 5.92 Å². The maximum absolute atomic E-state index is 6.93. The Bertz CT molecular complexity index is 284. The van der Waals surface area contributed by atoms with Crippen LogP contribution in [0.2, 0.25) is 0 Å². The van der Waals surface area contributed by atoms with E-state index in [-0.39, 0.29) is 18.9 Å². The molecule has 0 radical (unpaired) electrons. The van der Waals surface area contributed by atoms with Crippen molar-refractivity contribution >= 4 is 11.8 Å². The van der Waals surface area contributed by atoms with Crippen molar-refractivity contribution in [1.82, 2.24) is 0 Å². The summed E-state index contributed by atoms with van der Waals surface area (Å²) in [5, 5.41) is 0. The first-order chi connectivity index (χ1) is 6.36. The van der Waals surface area contributed by atoms with Gasteiger partial charge in [-0.05, 0) is 12.2 Å². The SMILES string of the molecule is [C-]#Cc1ccc(SCCCC)cc1.[Li+]. The Kier molecular flexibility index (Phi) is 7.91. The molecule has 0 N–H and O–H groups in total. The molecule has 0 aromatic heterocycles. The van der Waals surface area contributed by atoms with Crippen LogP contribution in [0.3, 0.4) is 0 Å². The molecule has 1 rings (SSSR count). The van der Waals surface area contributed by atoms with Gasteiger partial charge in [-0.1, -0.05) is 25.5 Å². The Labute approximate surface area is 103 Å². The van der Waals surface area contributed by atoms with Crippen LogP contribution in [0.15, 0.2) is 29.2 Å². The van der Waals surface area contributed by atoms with Crippen LogP contribution in [-0.4, -0.2) is 5.75 Å². The standard InChI is InChI=1S/C12H13S.Li/c1-3-5-10-13-12-8-6-11(4-2)7-9-12;/h6-9H,3,5,10H2,1H3;/q-1;+1.